The molecule has 122 valence electrons. The quantitative estimate of drug-likeness (QED) is 0.888. The molecule has 0 saturated carbocycles. The van der Waals surface area contributed by atoms with Crippen molar-refractivity contribution in [1.29, 1.82) is 0 Å². The van der Waals surface area contributed by atoms with Crippen molar-refractivity contribution >= 4 is 6.03 Å². The van der Waals surface area contributed by atoms with Crippen molar-refractivity contribution in [3.8, 4) is 5.75 Å². The summed E-state index contributed by atoms with van der Waals surface area (Å²) in [5, 5.41) is 2.95. The number of hydrogen-bond acceptors (Lipinski definition) is 2. The number of benzene rings is 2. The summed E-state index contributed by atoms with van der Waals surface area (Å²) in [5.74, 6) is 0.843. The van der Waals surface area contributed by atoms with Crippen LogP contribution in [0.2, 0.25) is 0 Å². The van der Waals surface area contributed by atoms with E-state index in [1.54, 1.807) is 12.0 Å². The van der Waals surface area contributed by atoms with Crippen LogP contribution < -0.4 is 10.1 Å². The molecule has 0 aliphatic carbocycles. The second-order valence-corrected chi connectivity index (χ2v) is 5.61. The fourth-order valence-corrected chi connectivity index (χ4v) is 2.36. The van der Waals surface area contributed by atoms with Gasteiger partial charge >= 0.3 is 6.03 Å². The maximum atomic E-state index is 12.1. The van der Waals surface area contributed by atoms with Crippen LogP contribution in [-0.4, -0.2) is 31.6 Å². The Kier molecular flexibility index (Phi) is 6.03. The molecular weight excluding hydrogens is 288 g/mol. The molecule has 23 heavy (non-hydrogen) atoms. The molecule has 4 nitrogen and oxygen atoms in total. The van der Waals surface area contributed by atoms with Gasteiger partial charge in [-0.15, -0.1) is 0 Å². The minimum Gasteiger partial charge on any atom is -0.497 e. The van der Waals surface area contributed by atoms with Crippen molar-refractivity contribution in [3.05, 3.63) is 65.2 Å². The number of urea groups is 1. The van der Waals surface area contributed by atoms with E-state index in [-0.39, 0.29) is 6.03 Å². The minimum absolute atomic E-state index is 0.0539. The monoisotopic (exact) mass is 312 g/mol. The second-order valence-electron chi connectivity index (χ2n) is 5.61. The number of methoxy groups -OCH3 is 1. The lowest BCUT2D eigenvalue weighted by Crippen LogP contribution is -2.37. The molecule has 0 radical (unpaired) electrons. The normalized spacial score (nSPS) is 10.2. The maximum absolute atomic E-state index is 12.1. The lowest BCUT2D eigenvalue weighted by atomic mass is 10.1. The molecule has 0 aliphatic heterocycles. The molecule has 1 N–H and O–H groups in total. The molecule has 0 heterocycles. The fraction of sp³-hybridized carbons (Fsp3) is 0.316. The Hall–Kier alpha value is -2.49. The molecule has 0 fully saturated rings. The predicted octanol–water partition coefficient (Wildman–Crippen LogP) is 3.39. The topological polar surface area (TPSA) is 41.6 Å². The Morgan fingerprint density at radius 3 is 2.48 bits per heavy atom. The van der Waals surface area contributed by atoms with Crippen molar-refractivity contribution in [2.24, 2.45) is 0 Å². The van der Waals surface area contributed by atoms with Crippen LogP contribution in [0, 0.1) is 6.92 Å². The van der Waals surface area contributed by atoms with Gasteiger partial charge < -0.3 is 15.0 Å². The highest BCUT2D eigenvalue weighted by Gasteiger charge is 2.09. The van der Waals surface area contributed by atoms with Crippen LogP contribution in [0.15, 0.2) is 48.5 Å². The average molecular weight is 312 g/mol. The van der Waals surface area contributed by atoms with Gasteiger partial charge in [-0.1, -0.05) is 36.4 Å². The number of aryl methyl sites for hydroxylation is 1. The Labute approximate surface area is 138 Å². The summed E-state index contributed by atoms with van der Waals surface area (Å²) >= 11 is 0. The summed E-state index contributed by atoms with van der Waals surface area (Å²) < 4.78 is 5.13. The number of ether oxygens (including phenoxy) is 1. The molecule has 4 heteroatoms. The third-order valence-corrected chi connectivity index (χ3v) is 3.86. The minimum atomic E-state index is -0.0539. The molecule has 2 rings (SSSR count). The molecule has 0 atom stereocenters. The molecule has 0 spiro atoms. The Balaban J connectivity index is 1.78. The molecule has 0 unspecified atom stereocenters. The van der Waals surface area contributed by atoms with E-state index in [1.807, 2.05) is 43.4 Å². The average Bonchev–Trinajstić information content (AvgIpc) is 2.57. The van der Waals surface area contributed by atoms with Crippen molar-refractivity contribution in [2.75, 3.05) is 20.7 Å². The molecule has 0 aromatic heterocycles. The third-order valence-electron chi connectivity index (χ3n) is 3.86. The number of hydrogen-bond donors (Lipinski definition) is 1. The number of rotatable bonds is 6. The van der Waals surface area contributed by atoms with Crippen molar-refractivity contribution in [1.82, 2.24) is 10.2 Å². The molecule has 2 aromatic rings. The summed E-state index contributed by atoms with van der Waals surface area (Å²) in [4.78, 5) is 13.8. The van der Waals surface area contributed by atoms with Gasteiger partial charge in [0.1, 0.15) is 5.75 Å². The fourth-order valence-electron chi connectivity index (χ4n) is 2.36. The summed E-state index contributed by atoms with van der Waals surface area (Å²) in [7, 11) is 3.47. The predicted molar refractivity (Wildman–Crippen MR) is 92.7 cm³/mol. The first-order chi connectivity index (χ1) is 11.1. The number of nitrogens with one attached hydrogen (secondary N) is 1. The van der Waals surface area contributed by atoms with Crippen molar-refractivity contribution in [2.45, 2.75) is 19.9 Å². The van der Waals surface area contributed by atoms with E-state index in [9.17, 15) is 4.79 Å². The van der Waals surface area contributed by atoms with Gasteiger partial charge in [0.25, 0.3) is 0 Å². The van der Waals surface area contributed by atoms with Crippen LogP contribution in [0.4, 0.5) is 4.79 Å². The van der Waals surface area contributed by atoms with E-state index < -0.39 is 0 Å². The molecular formula is C19H24N2O2. The van der Waals surface area contributed by atoms with E-state index in [2.05, 4.69) is 24.4 Å². The highest BCUT2D eigenvalue weighted by Crippen LogP contribution is 2.12. The number of amides is 2. The summed E-state index contributed by atoms with van der Waals surface area (Å²) in [6, 6.07) is 16.0. The number of nitrogens with zero attached hydrogens (tertiary/aromatic N) is 1. The molecule has 0 saturated heterocycles. The highest BCUT2D eigenvalue weighted by molar-refractivity contribution is 5.73. The number of carbonyl (C=O) groups is 1. The van der Waals surface area contributed by atoms with Gasteiger partial charge in [-0.05, 0) is 42.2 Å². The van der Waals surface area contributed by atoms with Crippen molar-refractivity contribution < 1.29 is 9.53 Å². The van der Waals surface area contributed by atoms with Gasteiger partial charge in [0, 0.05) is 20.1 Å². The summed E-state index contributed by atoms with van der Waals surface area (Å²) in [6.07, 6.45) is 0.800. The standard InChI is InChI=1S/C19H24N2O2/c1-15-6-4-5-7-17(15)14-21(2)19(22)20-13-12-16-8-10-18(23-3)11-9-16/h4-11H,12-14H2,1-3H3,(H,20,22). The maximum Gasteiger partial charge on any atom is 0.317 e. The largest absolute Gasteiger partial charge is 0.497 e. The van der Waals surface area contributed by atoms with Crippen molar-refractivity contribution in [3.63, 3.8) is 0 Å². The Morgan fingerprint density at radius 2 is 1.83 bits per heavy atom. The van der Waals surface area contributed by atoms with Gasteiger partial charge in [-0.2, -0.15) is 0 Å². The Bertz CT molecular complexity index is 638. The van der Waals surface area contributed by atoms with E-state index in [0.717, 1.165) is 12.2 Å². The smallest absolute Gasteiger partial charge is 0.317 e. The van der Waals surface area contributed by atoms with Gasteiger partial charge in [-0.3, -0.25) is 0 Å². The van der Waals surface area contributed by atoms with Crippen LogP contribution in [0.1, 0.15) is 16.7 Å². The third kappa shape index (κ3) is 5.02. The Morgan fingerprint density at radius 1 is 1.13 bits per heavy atom. The lowest BCUT2D eigenvalue weighted by molar-refractivity contribution is 0.207. The second kappa shape index (κ2) is 8.22. The van der Waals surface area contributed by atoms with Crippen LogP contribution in [0.5, 0.6) is 5.75 Å². The van der Waals surface area contributed by atoms with Crippen LogP contribution in [-0.2, 0) is 13.0 Å². The molecule has 0 bridgehead atoms. The van der Waals surface area contributed by atoms with Crippen LogP contribution >= 0.6 is 0 Å². The van der Waals surface area contributed by atoms with E-state index in [1.165, 1.54) is 16.7 Å². The van der Waals surface area contributed by atoms with Gasteiger partial charge in [0.05, 0.1) is 7.11 Å². The molecule has 2 amide bonds. The van der Waals surface area contributed by atoms with E-state index >= 15 is 0 Å². The number of carbonyl (C=O) groups excluding carboxylic acids is 1. The lowest BCUT2D eigenvalue weighted by Gasteiger charge is -2.19. The first kappa shape index (κ1) is 16.9. The highest BCUT2D eigenvalue weighted by atomic mass is 16.5. The summed E-state index contributed by atoms with van der Waals surface area (Å²) in [5.41, 5.74) is 3.54. The summed E-state index contributed by atoms with van der Waals surface area (Å²) in [6.45, 7) is 3.29. The van der Waals surface area contributed by atoms with E-state index in [0.29, 0.717) is 13.1 Å². The first-order valence-corrected chi connectivity index (χ1v) is 7.76. The SMILES string of the molecule is COc1ccc(CCNC(=O)N(C)Cc2ccccc2C)cc1. The zero-order valence-electron chi connectivity index (χ0n) is 14.0. The van der Waals surface area contributed by atoms with Gasteiger partial charge in [-0.25, -0.2) is 4.79 Å². The van der Waals surface area contributed by atoms with Gasteiger partial charge in [0.15, 0.2) is 0 Å². The van der Waals surface area contributed by atoms with Crippen LogP contribution in [0.3, 0.4) is 0 Å². The molecule has 0 aliphatic rings. The van der Waals surface area contributed by atoms with Gasteiger partial charge in [0.2, 0.25) is 0 Å². The zero-order chi connectivity index (χ0) is 16.7. The van der Waals surface area contributed by atoms with E-state index in [4.69, 9.17) is 4.74 Å². The molecule has 2 aromatic carbocycles. The van der Waals surface area contributed by atoms with Crippen LogP contribution in [0.25, 0.3) is 0 Å². The first-order valence-electron chi connectivity index (χ1n) is 7.76. The zero-order valence-corrected chi connectivity index (χ0v) is 14.0.